The number of hydrogen-bond acceptors (Lipinski definition) is 2. The standard InChI is InChI=1S/C15H28N2O/c1-10-12-8-6-7-11(12)9-17(10)14(18)13(16-5)15(2,3)4/h10-13,16H,6-9H2,1-5H3/t10-,11+,12-,13?/m1/s1. The molecule has 0 aromatic carbocycles. The first-order valence-corrected chi connectivity index (χ1v) is 7.34. The van der Waals surface area contributed by atoms with Crippen LogP contribution in [0.3, 0.4) is 0 Å². The molecule has 2 aliphatic rings. The van der Waals surface area contributed by atoms with Crippen molar-refractivity contribution in [3.8, 4) is 0 Å². The van der Waals surface area contributed by atoms with Crippen LogP contribution in [0.5, 0.6) is 0 Å². The number of nitrogens with zero attached hydrogens (tertiary/aromatic N) is 1. The maximum absolute atomic E-state index is 12.7. The van der Waals surface area contributed by atoms with E-state index in [1.54, 1.807) is 0 Å². The lowest BCUT2D eigenvalue weighted by molar-refractivity contribution is -0.137. The van der Waals surface area contributed by atoms with Crippen molar-refractivity contribution in [3.05, 3.63) is 0 Å². The molecular weight excluding hydrogens is 224 g/mol. The van der Waals surface area contributed by atoms with Crippen LogP contribution in [-0.2, 0) is 4.79 Å². The van der Waals surface area contributed by atoms with Crippen molar-refractivity contribution in [1.29, 1.82) is 0 Å². The van der Waals surface area contributed by atoms with Crippen LogP contribution < -0.4 is 5.32 Å². The number of amides is 1. The van der Waals surface area contributed by atoms with Gasteiger partial charge in [-0.1, -0.05) is 27.2 Å². The summed E-state index contributed by atoms with van der Waals surface area (Å²) in [6.07, 6.45) is 3.99. The molecule has 1 aliphatic carbocycles. The Morgan fingerprint density at radius 3 is 2.50 bits per heavy atom. The van der Waals surface area contributed by atoms with E-state index < -0.39 is 0 Å². The second-order valence-electron chi connectivity index (χ2n) is 7.17. The largest absolute Gasteiger partial charge is 0.338 e. The van der Waals surface area contributed by atoms with E-state index in [9.17, 15) is 4.79 Å². The third kappa shape index (κ3) is 2.29. The van der Waals surface area contributed by atoms with E-state index in [1.807, 2.05) is 7.05 Å². The average molecular weight is 252 g/mol. The first-order chi connectivity index (χ1) is 8.36. The predicted octanol–water partition coefficient (Wildman–Crippen LogP) is 2.27. The third-order valence-electron chi connectivity index (χ3n) is 4.95. The molecule has 1 heterocycles. The molecule has 3 heteroatoms. The van der Waals surface area contributed by atoms with Crippen LogP contribution in [0.1, 0.15) is 47.0 Å². The minimum absolute atomic E-state index is 0.0246. The molecule has 2 rings (SSSR count). The molecule has 0 bridgehead atoms. The van der Waals surface area contributed by atoms with E-state index in [-0.39, 0.29) is 11.5 Å². The Kier molecular flexibility index (Phi) is 3.72. The Hall–Kier alpha value is -0.570. The summed E-state index contributed by atoms with van der Waals surface area (Å²) in [5, 5.41) is 3.21. The summed E-state index contributed by atoms with van der Waals surface area (Å²) >= 11 is 0. The van der Waals surface area contributed by atoms with Gasteiger partial charge in [-0.3, -0.25) is 4.79 Å². The zero-order valence-corrected chi connectivity index (χ0v) is 12.5. The van der Waals surface area contributed by atoms with Gasteiger partial charge in [0.05, 0.1) is 6.04 Å². The van der Waals surface area contributed by atoms with Gasteiger partial charge in [0.1, 0.15) is 0 Å². The summed E-state index contributed by atoms with van der Waals surface area (Å²) in [4.78, 5) is 14.9. The number of hydrogen-bond donors (Lipinski definition) is 1. The predicted molar refractivity (Wildman–Crippen MR) is 74.3 cm³/mol. The number of likely N-dealkylation sites (N-methyl/N-ethyl adjacent to an activating group) is 1. The molecule has 1 unspecified atom stereocenters. The molecule has 0 radical (unpaired) electrons. The first-order valence-electron chi connectivity index (χ1n) is 7.34. The highest BCUT2D eigenvalue weighted by atomic mass is 16.2. The smallest absolute Gasteiger partial charge is 0.240 e. The Labute approximate surface area is 111 Å². The van der Waals surface area contributed by atoms with E-state index in [1.165, 1.54) is 19.3 Å². The highest BCUT2D eigenvalue weighted by Crippen LogP contribution is 2.42. The van der Waals surface area contributed by atoms with Crippen molar-refractivity contribution in [2.75, 3.05) is 13.6 Å². The summed E-state index contributed by atoms with van der Waals surface area (Å²) < 4.78 is 0. The molecule has 0 spiro atoms. The number of carbonyl (C=O) groups is 1. The number of rotatable bonds is 2. The van der Waals surface area contributed by atoms with Crippen LogP contribution in [0.4, 0.5) is 0 Å². The fraction of sp³-hybridized carbons (Fsp3) is 0.933. The molecule has 0 aromatic rings. The summed E-state index contributed by atoms with van der Waals surface area (Å²) in [7, 11) is 1.90. The second kappa shape index (κ2) is 4.84. The summed E-state index contributed by atoms with van der Waals surface area (Å²) in [5.41, 5.74) is -0.0246. The maximum atomic E-state index is 12.7. The van der Waals surface area contributed by atoms with Crippen LogP contribution in [0.2, 0.25) is 0 Å². The molecule has 1 amide bonds. The fourth-order valence-electron chi connectivity index (χ4n) is 3.96. The van der Waals surface area contributed by atoms with Crippen LogP contribution in [0.15, 0.2) is 0 Å². The average Bonchev–Trinajstić information content (AvgIpc) is 2.80. The molecular formula is C15H28N2O. The Morgan fingerprint density at radius 2 is 2.00 bits per heavy atom. The number of fused-ring (bicyclic) bond motifs is 1. The van der Waals surface area contributed by atoms with Gasteiger partial charge in [0.15, 0.2) is 0 Å². The van der Waals surface area contributed by atoms with Crippen molar-refractivity contribution >= 4 is 5.91 Å². The monoisotopic (exact) mass is 252 g/mol. The highest BCUT2D eigenvalue weighted by Gasteiger charge is 2.46. The molecule has 4 atom stereocenters. The van der Waals surface area contributed by atoms with Crippen LogP contribution in [-0.4, -0.2) is 36.5 Å². The second-order valence-corrected chi connectivity index (χ2v) is 7.17. The normalized spacial score (nSPS) is 33.6. The number of nitrogens with one attached hydrogen (secondary N) is 1. The SMILES string of the molecule is CNC(C(=O)N1C[C@@H]2CCC[C@@H]2[C@H]1C)C(C)(C)C. The van der Waals surface area contributed by atoms with Crippen LogP contribution in [0, 0.1) is 17.3 Å². The van der Waals surface area contributed by atoms with Crippen LogP contribution in [0.25, 0.3) is 0 Å². The third-order valence-corrected chi connectivity index (χ3v) is 4.95. The molecule has 1 N–H and O–H groups in total. The van der Waals surface area contributed by atoms with Crippen molar-refractivity contribution in [1.82, 2.24) is 10.2 Å². The molecule has 1 saturated heterocycles. The minimum Gasteiger partial charge on any atom is -0.338 e. The van der Waals surface area contributed by atoms with Crippen molar-refractivity contribution in [2.45, 2.75) is 59.0 Å². The summed E-state index contributed by atoms with van der Waals surface area (Å²) in [6, 6.07) is 0.363. The lowest BCUT2D eigenvalue weighted by Gasteiger charge is -2.35. The number of likely N-dealkylation sites (tertiary alicyclic amines) is 1. The topological polar surface area (TPSA) is 32.3 Å². The molecule has 0 aromatic heterocycles. The zero-order valence-electron chi connectivity index (χ0n) is 12.5. The fourth-order valence-corrected chi connectivity index (χ4v) is 3.96. The van der Waals surface area contributed by atoms with Gasteiger partial charge >= 0.3 is 0 Å². The molecule has 2 fully saturated rings. The van der Waals surface area contributed by atoms with Crippen LogP contribution >= 0.6 is 0 Å². The van der Waals surface area contributed by atoms with Gasteiger partial charge < -0.3 is 10.2 Å². The van der Waals surface area contributed by atoms with Crippen molar-refractivity contribution in [2.24, 2.45) is 17.3 Å². The molecule has 18 heavy (non-hydrogen) atoms. The molecule has 3 nitrogen and oxygen atoms in total. The van der Waals surface area contributed by atoms with Gasteiger partial charge in [0.2, 0.25) is 5.91 Å². The Morgan fingerprint density at radius 1 is 1.33 bits per heavy atom. The van der Waals surface area contributed by atoms with E-state index in [2.05, 4.69) is 37.9 Å². The highest BCUT2D eigenvalue weighted by molar-refractivity contribution is 5.83. The van der Waals surface area contributed by atoms with Gasteiger partial charge in [0, 0.05) is 12.6 Å². The van der Waals surface area contributed by atoms with Gasteiger partial charge in [0.25, 0.3) is 0 Å². The van der Waals surface area contributed by atoms with E-state index in [4.69, 9.17) is 0 Å². The van der Waals surface area contributed by atoms with Gasteiger partial charge in [-0.05, 0) is 44.1 Å². The lowest BCUT2D eigenvalue weighted by atomic mass is 9.85. The summed E-state index contributed by atoms with van der Waals surface area (Å²) in [6.45, 7) is 9.62. The van der Waals surface area contributed by atoms with Gasteiger partial charge in [-0.25, -0.2) is 0 Å². The lowest BCUT2D eigenvalue weighted by Crippen LogP contribution is -2.53. The quantitative estimate of drug-likeness (QED) is 0.817. The molecule has 104 valence electrons. The molecule has 1 aliphatic heterocycles. The van der Waals surface area contributed by atoms with Gasteiger partial charge in [-0.2, -0.15) is 0 Å². The van der Waals surface area contributed by atoms with E-state index in [0.29, 0.717) is 11.9 Å². The minimum atomic E-state index is -0.0706. The Bertz CT molecular complexity index is 321. The van der Waals surface area contributed by atoms with E-state index in [0.717, 1.165) is 18.4 Å². The first kappa shape index (κ1) is 13.9. The summed E-state index contributed by atoms with van der Waals surface area (Å²) in [5.74, 6) is 1.82. The van der Waals surface area contributed by atoms with Crippen molar-refractivity contribution < 1.29 is 4.79 Å². The number of carbonyl (C=O) groups excluding carboxylic acids is 1. The van der Waals surface area contributed by atoms with E-state index >= 15 is 0 Å². The zero-order chi connectivity index (χ0) is 13.5. The molecule has 1 saturated carbocycles. The maximum Gasteiger partial charge on any atom is 0.240 e. The van der Waals surface area contributed by atoms with Gasteiger partial charge in [-0.15, -0.1) is 0 Å². The van der Waals surface area contributed by atoms with Crippen molar-refractivity contribution in [3.63, 3.8) is 0 Å². The Balaban J connectivity index is 2.10.